The van der Waals surface area contributed by atoms with Crippen molar-refractivity contribution in [3.05, 3.63) is 42.3 Å². The van der Waals surface area contributed by atoms with Crippen LogP contribution in [-0.2, 0) is 4.74 Å². The summed E-state index contributed by atoms with van der Waals surface area (Å²) in [5.74, 6) is 1.62. The van der Waals surface area contributed by atoms with Crippen LogP contribution >= 0.6 is 0 Å². The third-order valence-corrected chi connectivity index (χ3v) is 5.39. The van der Waals surface area contributed by atoms with Crippen LogP contribution in [0.5, 0.6) is 5.75 Å². The first-order valence-electron chi connectivity index (χ1n) is 10.4. The van der Waals surface area contributed by atoms with Crippen molar-refractivity contribution in [1.29, 1.82) is 0 Å². The Morgan fingerprint density at radius 3 is 2.71 bits per heavy atom. The smallest absolute Gasteiger partial charge is 0.230 e. The monoisotopic (exact) mass is 427 g/mol. The van der Waals surface area contributed by atoms with Gasteiger partial charge in [-0.25, -0.2) is 9.37 Å². The minimum Gasteiger partial charge on any atom is -0.497 e. The maximum absolute atomic E-state index is 14.3. The second-order valence-electron chi connectivity index (χ2n) is 7.45. The first-order chi connectivity index (χ1) is 15.1. The number of aromatic nitrogens is 3. The number of anilines is 3. The molecule has 0 amide bonds. The Hall–Kier alpha value is -3.20. The Morgan fingerprint density at radius 1 is 1.19 bits per heavy atom. The Kier molecular flexibility index (Phi) is 6.03. The van der Waals surface area contributed by atoms with Gasteiger partial charge in [-0.3, -0.25) is 0 Å². The molecular weight excluding hydrogens is 401 g/mol. The zero-order valence-corrected chi connectivity index (χ0v) is 17.9. The van der Waals surface area contributed by atoms with Crippen LogP contribution < -0.4 is 15.0 Å². The summed E-state index contributed by atoms with van der Waals surface area (Å²) in [6, 6.07) is 7.96. The molecule has 2 aliphatic rings. The molecule has 2 aliphatic heterocycles. The fraction of sp³-hybridized carbons (Fsp3) is 0.409. The molecule has 0 bridgehead atoms. The van der Waals surface area contributed by atoms with E-state index in [1.54, 1.807) is 30.5 Å². The SMILES string of the molecule is CC.COc1ccc(-c2cc(Nc3ccnc(N4CCC5(COC5)C4)n3)on2)c(F)c1. The minimum atomic E-state index is -0.434. The Bertz CT molecular complexity index is 1040. The van der Waals surface area contributed by atoms with Gasteiger partial charge in [0, 0.05) is 42.4 Å². The van der Waals surface area contributed by atoms with Crippen LogP contribution in [0.1, 0.15) is 20.3 Å². The topological polar surface area (TPSA) is 85.5 Å². The molecule has 2 saturated heterocycles. The van der Waals surface area contributed by atoms with Gasteiger partial charge in [-0.15, -0.1) is 0 Å². The van der Waals surface area contributed by atoms with Gasteiger partial charge < -0.3 is 24.2 Å². The lowest BCUT2D eigenvalue weighted by Crippen LogP contribution is -2.44. The van der Waals surface area contributed by atoms with E-state index in [1.165, 1.54) is 13.2 Å². The van der Waals surface area contributed by atoms with E-state index in [-0.39, 0.29) is 5.41 Å². The van der Waals surface area contributed by atoms with E-state index in [1.807, 2.05) is 13.8 Å². The second-order valence-corrected chi connectivity index (χ2v) is 7.45. The average molecular weight is 427 g/mol. The zero-order valence-electron chi connectivity index (χ0n) is 17.9. The molecule has 3 aromatic rings. The van der Waals surface area contributed by atoms with Crippen molar-refractivity contribution in [3.63, 3.8) is 0 Å². The average Bonchev–Trinajstić information content (AvgIpc) is 3.43. The number of hydrogen-bond donors (Lipinski definition) is 1. The van der Waals surface area contributed by atoms with Crippen LogP contribution in [0.25, 0.3) is 11.3 Å². The largest absolute Gasteiger partial charge is 0.497 e. The van der Waals surface area contributed by atoms with Gasteiger partial charge in [0.1, 0.15) is 23.1 Å². The molecule has 1 N–H and O–H groups in total. The molecule has 5 rings (SSSR count). The second kappa shape index (κ2) is 8.89. The summed E-state index contributed by atoms with van der Waals surface area (Å²) in [5.41, 5.74) is 0.971. The molecule has 2 aromatic heterocycles. The predicted molar refractivity (Wildman–Crippen MR) is 115 cm³/mol. The maximum Gasteiger partial charge on any atom is 0.230 e. The maximum atomic E-state index is 14.3. The number of hydrogen-bond acceptors (Lipinski definition) is 8. The highest BCUT2D eigenvalue weighted by Gasteiger charge is 2.45. The summed E-state index contributed by atoms with van der Waals surface area (Å²) >= 11 is 0. The highest BCUT2D eigenvalue weighted by molar-refractivity contribution is 5.65. The van der Waals surface area contributed by atoms with Gasteiger partial charge in [0.25, 0.3) is 0 Å². The van der Waals surface area contributed by atoms with E-state index in [2.05, 4.69) is 25.3 Å². The molecule has 1 spiro atoms. The van der Waals surface area contributed by atoms with Gasteiger partial charge in [0.2, 0.25) is 11.8 Å². The molecule has 31 heavy (non-hydrogen) atoms. The van der Waals surface area contributed by atoms with Gasteiger partial charge in [0.15, 0.2) is 0 Å². The van der Waals surface area contributed by atoms with Crippen LogP contribution in [0.3, 0.4) is 0 Å². The predicted octanol–water partition coefficient (Wildman–Crippen LogP) is 4.28. The first-order valence-corrected chi connectivity index (χ1v) is 10.4. The quantitative estimate of drug-likeness (QED) is 0.646. The number of nitrogens with one attached hydrogen (secondary N) is 1. The van der Waals surface area contributed by atoms with Crippen LogP contribution in [0.4, 0.5) is 22.0 Å². The standard InChI is InChI=1S/C20H20FN5O3.C2H6/c1-27-13-2-3-14(15(21)8-13)16-9-18(29-25-16)23-17-4-6-22-19(24-17)26-7-5-20(10-26)11-28-12-20;1-2/h2-4,6,8-9H,5,7,10-12H2,1H3,(H,22,23,24);1-2H3. The van der Waals surface area contributed by atoms with Crippen molar-refractivity contribution >= 4 is 17.7 Å². The fourth-order valence-electron chi connectivity index (χ4n) is 3.72. The highest BCUT2D eigenvalue weighted by atomic mass is 19.1. The molecule has 0 saturated carbocycles. The number of rotatable bonds is 5. The summed E-state index contributed by atoms with van der Waals surface area (Å²) in [4.78, 5) is 11.1. The van der Waals surface area contributed by atoms with Gasteiger partial charge >= 0.3 is 0 Å². The summed E-state index contributed by atoms with van der Waals surface area (Å²) in [6.45, 7) is 7.43. The van der Waals surface area contributed by atoms with E-state index in [0.717, 1.165) is 32.7 Å². The zero-order chi connectivity index (χ0) is 21.8. The molecule has 2 fully saturated rings. The van der Waals surface area contributed by atoms with E-state index in [0.29, 0.717) is 34.7 Å². The lowest BCUT2D eigenvalue weighted by Gasteiger charge is -2.37. The summed E-state index contributed by atoms with van der Waals surface area (Å²) in [7, 11) is 1.49. The van der Waals surface area contributed by atoms with Gasteiger partial charge in [-0.2, -0.15) is 4.98 Å². The molecule has 0 atom stereocenters. The van der Waals surface area contributed by atoms with E-state index < -0.39 is 5.82 Å². The van der Waals surface area contributed by atoms with Crippen LogP contribution in [0.15, 0.2) is 41.1 Å². The number of methoxy groups -OCH3 is 1. The summed E-state index contributed by atoms with van der Waals surface area (Å²) in [6.07, 6.45) is 2.79. The van der Waals surface area contributed by atoms with E-state index >= 15 is 0 Å². The number of halogens is 1. The molecule has 9 heteroatoms. The normalized spacial score (nSPS) is 16.5. The van der Waals surface area contributed by atoms with E-state index in [4.69, 9.17) is 14.0 Å². The third kappa shape index (κ3) is 4.32. The third-order valence-electron chi connectivity index (χ3n) is 5.39. The van der Waals surface area contributed by atoms with Gasteiger partial charge in [-0.1, -0.05) is 19.0 Å². The first kappa shape index (κ1) is 21.0. The van der Waals surface area contributed by atoms with Crippen molar-refractivity contribution < 1.29 is 18.4 Å². The van der Waals surface area contributed by atoms with Crippen molar-refractivity contribution in [3.8, 4) is 17.0 Å². The lowest BCUT2D eigenvalue weighted by molar-refractivity contribution is -0.0985. The minimum absolute atomic E-state index is 0.259. The Morgan fingerprint density at radius 2 is 2.03 bits per heavy atom. The molecular formula is C22H26FN5O3. The highest BCUT2D eigenvalue weighted by Crippen LogP contribution is 2.38. The molecule has 164 valence electrons. The van der Waals surface area contributed by atoms with Crippen LogP contribution in [0.2, 0.25) is 0 Å². The summed E-state index contributed by atoms with van der Waals surface area (Å²) in [5, 5.41) is 7.02. The number of benzene rings is 1. The van der Waals surface area contributed by atoms with Gasteiger partial charge in [-0.05, 0) is 24.6 Å². The lowest BCUT2D eigenvalue weighted by atomic mass is 9.85. The van der Waals surface area contributed by atoms with Crippen molar-refractivity contribution in [2.45, 2.75) is 20.3 Å². The Labute approximate surface area is 180 Å². The van der Waals surface area contributed by atoms with Crippen molar-refractivity contribution in [1.82, 2.24) is 15.1 Å². The molecule has 0 unspecified atom stereocenters. The van der Waals surface area contributed by atoms with Crippen LogP contribution in [0, 0.1) is 11.2 Å². The summed E-state index contributed by atoms with van der Waals surface area (Å²) < 4.78 is 30.0. The number of nitrogens with zero attached hydrogens (tertiary/aromatic N) is 4. The number of ether oxygens (including phenoxy) is 2. The van der Waals surface area contributed by atoms with Crippen molar-refractivity contribution in [2.75, 3.05) is 43.6 Å². The molecule has 0 radical (unpaired) electrons. The van der Waals surface area contributed by atoms with E-state index in [9.17, 15) is 4.39 Å². The Balaban J connectivity index is 0.00000112. The molecule has 8 nitrogen and oxygen atoms in total. The molecule has 1 aromatic carbocycles. The van der Waals surface area contributed by atoms with Gasteiger partial charge in [0.05, 0.1) is 20.3 Å². The molecule has 4 heterocycles. The van der Waals surface area contributed by atoms with Crippen molar-refractivity contribution in [2.24, 2.45) is 5.41 Å². The molecule has 0 aliphatic carbocycles. The van der Waals surface area contributed by atoms with Crippen LogP contribution in [-0.4, -0.2) is 48.5 Å². The fourth-order valence-corrected chi connectivity index (χ4v) is 3.72.